The van der Waals surface area contributed by atoms with Gasteiger partial charge in [0, 0.05) is 30.4 Å². The predicted molar refractivity (Wildman–Crippen MR) is 98.9 cm³/mol. The molecule has 1 aromatic rings. The van der Waals surface area contributed by atoms with E-state index in [1.54, 1.807) is 31.2 Å². The highest BCUT2D eigenvalue weighted by atomic mass is 16.5. The SMILES string of the molecule is CCOC(=O)Nc1cccc(C(=O)NCCCN2CCCC[C@@H]2C)c1. The number of nitrogens with zero attached hydrogens (tertiary/aromatic N) is 1. The zero-order chi connectivity index (χ0) is 18.1. The monoisotopic (exact) mass is 347 g/mol. The van der Waals surface area contributed by atoms with Crippen molar-refractivity contribution in [2.45, 2.75) is 45.6 Å². The van der Waals surface area contributed by atoms with E-state index in [1.807, 2.05) is 0 Å². The fourth-order valence-electron chi connectivity index (χ4n) is 3.10. The number of ether oxygens (including phenoxy) is 1. The minimum absolute atomic E-state index is 0.126. The summed E-state index contributed by atoms with van der Waals surface area (Å²) in [6, 6.07) is 7.50. The highest BCUT2D eigenvalue weighted by Gasteiger charge is 2.17. The minimum Gasteiger partial charge on any atom is -0.450 e. The van der Waals surface area contributed by atoms with E-state index in [-0.39, 0.29) is 5.91 Å². The van der Waals surface area contributed by atoms with Crippen LogP contribution in [0.5, 0.6) is 0 Å². The molecule has 0 spiro atoms. The van der Waals surface area contributed by atoms with Crippen molar-refractivity contribution >= 4 is 17.7 Å². The molecule has 2 N–H and O–H groups in total. The normalized spacial score (nSPS) is 17.8. The molecule has 0 saturated carbocycles. The van der Waals surface area contributed by atoms with Crippen LogP contribution in [0.3, 0.4) is 0 Å². The van der Waals surface area contributed by atoms with Crippen molar-refractivity contribution in [3.8, 4) is 0 Å². The molecule has 2 rings (SSSR count). The molecule has 25 heavy (non-hydrogen) atoms. The molecule has 6 heteroatoms. The van der Waals surface area contributed by atoms with Gasteiger partial charge in [-0.05, 0) is 57.9 Å². The molecule has 0 aliphatic carbocycles. The summed E-state index contributed by atoms with van der Waals surface area (Å²) in [7, 11) is 0. The van der Waals surface area contributed by atoms with Gasteiger partial charge in [-0.3, -0.25) is 10.1 Å². The van der Waals surface area contributed by atoms with Crippen LogP contribution >= 0.6 is 0 Å². The van der Waals surface area contributed by atoms with Crippen LogP contribution in [0.4, 0.5) is 10.5 Å². The lowest BCUT2D eigenvalue weighted by atomic mass is 10.0. The molecule has 1 fully saturated rings. The van der Waals surface area contributed by atoms with E-state index in [9.17, 15) is 9.59 Å². The average Bonchev–Trinajstić information content (AvgIpc) is 2.60. The lowest BCUT2D eigenvalue weighted by molar-refractivity contribution is 0.0948. The Labute approximate surface area is 149 Å². The number of benzene rings is 1. The maximum absolute atomic E-state index is 12.3. The maximum Gasteiger partial charge on any atom is 0.411 e. The van der Waals surface area contributed by atoms with E-state index in [0.29, 0.717) is 30.4 Å². The second kappa shape index (κ2) is 10.0. The van der Waals surface area contributed by atoms with Gasteiger partial charge in [0.05, 0.1) is 6.61 Å². The smallest absolute Gasteiger partial charge is 0.411 e. The summed E-state index contributed by atoms with van der Waals surface area (Å²) < 4.78 is 4.84. The molecule has 1 aliphatic heterocycles. The Balaban J connectivity index is 1.75. The summed E-state index contributed by atoms with van der Waals surface area (Å²) in [6.45, 7) is 7.16. The van der Waals surface area contributed by atoms with Gasteiger partial charge in [0.1, 0.15) is 0 Å². The molecule has 1 heterocycles. The van der Waals surface area contributed by atoms with E-state index in [2.05, 4.69) is 22.5 Å². The summed E-state index contributed by atoms with van der Waals surface area (Å²) in [4.78, 5) is 26.2. The molecule has 1 aromatic carbocycles. The molecular formula is C19H29N3O3. The first kappa shape index (κ1) is 19.2. The van der Waals surface area contributed by atoms with Crippen molar-refractivity contribution in [3.05, 3.63) is 29.8 Å². The zero-order valence-electron chi connectivity index (χ0n) is 15.2. The van der Waals surface area contributed by atoms with Gasteiger partial charge in [0.15, 0.2) is 0 Å². The standard InChI is InChI=1S/C19H29N3O3/c1-3-25-19(24)21-17-10-6-9-16(14-17)18(23)20-11-7-13-22-12-5-4-8-15(22)2/h6,9-10,14-15H,3-5,7-8,11-13H2,1-2H3,(H,20,23)(H,21,24)/t15-/m0/s1. The van der Waals surface area contributed by atoms with Gasteiger partial charge in [-0.2, -0.15) is 0 Å². The Kier molecular flexibility index (Phi) is 7.73. The van der Waals surface area contributed by atoms with E-state index >= 15 is 0 Å². The van der Waals surface area contributed by atoms with Crippen LogP contribution in [-0.4, -0.2) is 49.2 Å². The molecule has 0 aromatic heterocycles. The van der Waals surface area contributed by atoms with E-state index < -0.39 is 6.09 Å². The van der Waals surface area contributed by atoms with Crippen molar-refractivity contribution in [2.24, 2.45) is 0 Å². The van der Waals surface area contributed by atoms with Gasteiger partial charge in [-0.1, -0.05) is 12.5 Å². The topological polar surface area (TPSA) is 70.7 Å². The molecular weight excluding hydrogens is 318 g/mol. The molecule has 0 bridgehead atoms. The highest BCUT2D eigenvalue weighted by Crippen LogP contribution is 2.16. The van der Waals surface area contributed by atoms with E-state index in [4.69, 9.17) is 4.74 Å². The van der Waals surface area contributed by atoms with E-state index in [0.717, 1.165) is 19.5 Å². The lowest BCUT2D eigenvalue weighted by Gasteiger charge is -2.33. The molecule has 0 unspecified atom stereocenters. The van der Waals surface area contributed by atoms with Crippen molar-refractivity contribution in [2.75, 3.05) is 31.6 Å². The summed E-state index contributed by atoms with van der Waals surface area (Å²) in [6.07, 6.45) is 4.29. The summed E-state index contributed by atoms with van der Waals surface area (Å²) in [5.41, 5.74) is 1.08. The largest absolute Gasteiger partial charge is 0.450 e. The third kappa shape index (κ3) is 6.38. The number of amides is 2. The van der Waals surface area contributed by atoms with Crippen LogP contribution in [0, 0.1) is 0 Å². The van der Waals surface area contributed by atoms with Crippen LogP contribution < -0.4 is 10.6 Å². The van der Waals surface area contributed by atoms with Gasteiger partial charge >= 0.3 is 6.09 Å². The summed E-state index contributed by atoms with van der Waals surface area (Å²) >= 11 is 0. The summed E-state index contributed by atoms with van der Waals surface area (Å²) in [5, 5.41) is 5.55. The second-order valence-electron chi connectivity index (χ2n) is 6.42. The first-order valence-corrected chi connectivity index (χ1v) is 9.16. The fourth-order valence-corrected chi connectivity index (χ4v) is 3.10. The first-order valence-electron chi connectivity index (χ1n) is 9.16. The third-order valence-electron chi connectivity index (χ3n) is 4.49. The van der Waals surface area contributed by atoms with Crippen LogP contribution in [-0.2, 0) is 4.74 Å². The molecule has 1 aliphatic rings. The highest BCUT2D eigenvalue weighted by molar-refractivity contribution is 5.96. The van der Waals surface area contributed by atoms with Gasteiger partial charge in [-0.25, -0.2) is 4.79 Å². The van der Waals surface area contributed by atoms with Crippen LogP contribution in [0.2, 0.25) is 0 Å². The zero-order valence-corrected chi connectivity index (χ0v) is 15.2. The van der Waals surface area contributed by atoms with Crippen molar-refractivity contribution in [1.29, 1.82) is 0 Å². The Bertz CT molecular complexity index is 577. The quantitative estimate of drug-likeness (QED) is 0.743. The number of carbonyl (C=O) groups excluding carboxylic acids is 2. The third-order valence-corrected chi connectivity index (χ3v) is 4.49. The van der Waals surface area contributed by atoms with Gasteiger partial charge in [0.2, 0.25) is 0 Å². The second-order valence-corrected chi connectivity index (χ2v) is 6.42. The summed E-state index contributed by atoms with van der Waals surface area (Å²) in [5.74, 6) is -0.126. The molecule has 1 atom stereocenters. The molecule has 138 valence electrons. The van der Waals surface area contributed by atoms with Crippen LogP contribution in [0.1, 0.15) is 49.9 Å². The molecule has 2 amide bonds. The number of nitrogens with one attached hydrogen (secondary N) is 2. The average molecular weight is 347 g/mol. The maximum atomic E-state index is 12.3. The van der Waals surface area contributed by atoms with Crippen LogP contribution in [0.25, 0.3) is 0 Å². The number of hydrogen-bond donors (Lipinski definition) is 2. The number of likely N-dealkylation sites (tertiary alicyclic amines) is 1. The Morgan fingerprint density at radius 3 is 2.92 bits per heavy atom. The number of piperidine rings is 1. The number of carbonyl (C=O) groups is 2. The minimum atomic E-state index is -0.518. The Morgan fingerprint density at radius 1 is 1.32 bits per heavy atom. The van der Waals surface area contributed by atoms with Gasteiger partial charge < -0.3 is 15.0 Å². The van der Waals surface area contributed by atoms with Crippen molar-refractivity contribution in [3.63, 3.8) is 0 Å². The van der Waals surface area contributed by atoms with Gasteiger partial charge in [0.25, 0.3) is 5.91 Å². The molecule has 6 nitrogen and oxygen atoms in total. The van der Waals surface area contributed by atoms with Gasteiger partial charge in [-0.15, -0.1) is 0 Å². The van der Waals surface area contributed by atoms with Crippen molar-refractivity contribution in [1.82, 2.24) is 10.2 Å². The van der Waals surface area contributed by atoms with E-state index in [1.165, 1.54) is 19.3 Å². The Hall–Kier alpha value is -2.08. The molecule has 1 saturated heterocycles. The Morgan fingerprint density at radius 2 is 2.16 bits per heavy atom. The predicted octanol–water partition coefficient (Wildman–Crippen LogP) is 3.25. The fraction of sp³-hybridized carbons (Fsp3) is 0.579. The van der Waals surface area contributed by atoms with Crippen LogP contribution in [0.15, 0.2) is 24.3 Å². The lowest BCUT2D eigenvalue weighted by Crippen LogP contribution is -2.39. The molecule has 0 radical (unpaired) electrons. The number of hydrogen-bond acceptors (Lipinski definition) is 4. The first-order chi connectivity index (χ1) is 12.1. The number of rotatable bonds is 7. The van der Waals surface area contributed by atoms with Crippen molar-refractivity contribution < 1.29 is 14.3 Å². The number of anilines is 1.